The van der Waals surface area contributed by atoms with Crippen molar-refractivity contribution in [3.05, 3.63) is 0 Å². The standard InChI is InChI=1S/C19H33N3O.2ClH/c23-19(12-16-10-17-4-5-18(11-16)20-17)22-9-6-15(14-22)13-21-7-2-1-3-8-21;;/h15-18,20H,1-14H2;2*1H. The molecule has 4 nitrogen and oxygen atoms in total. The summed E-state index contributed by atoms with van der Waals surface area (Å²) < 4.78 is 0. The average molecular weight is 392 g/mol. The Morgan fingerprint density at radius 2 is 1.56 bits per heavy atom. The highest BCUT2D eigenvalue weighted by atomic mass is 35.5. The Hall–Kier alpha value is -0.0300. The number of halogens is 2. The Labute approximate surface area is 165 Å². The molecule has 4 aliphatic rings. The highest BCUT2D eigenvalue weighted by Crippen LogP contribution is 2.33. The maximum Gasteiger partial charge on any atom is 0.222 e. The molecule has 4 aliphatic heterocycles. The third-order valence-corrected chi connectivity index (χ3v) is 6.64. The molecule has 0 aromatic heterocycles. The first-order valence-electron chi connectivity index (χ1n) is 10.0. The zero-order valence-electron chi connectivity index (χ0n) is 15.3. The summed E-state index contributed by atoms with van der Waals surface area (Å²) in [5.74, 6) is 1.81. The van der Waals surface area contributed by atoms with Crippen molar-refractivity contribution in [1.82, 2.24) is 15.1 Å². The van der Waals surface area contributed by atoms with Gasteiger partial charge in [0.1, 0.15) is 0 Å². The lowest BCUT2D eigenvalue weighted by Gasteiger charge is -2.30. The first-order valence-corrected chi connectivity index (χ1v) is 10.0. The SMILES string of the molecule is Cl.Cl.O=C(CC1CC2CCC(C1)N2)N1CCC(CN2CCCCC2)C1. The number of nitrogens with zero attached hydrogens (tertiary/aromatic N) is 2. The van der Waals surface area contributed by atoms with E-state index in [1.165, 1.54) is 71.0 Å². The van der Waals surface area contributed by atoms with Crippen LogP contribution in [0, 0.1) is 11.8 Å². The van der Waals surface area contributed by atoms with E-state index in [4.69, 9.17) is 0 Å². The molecule has 25 heavy (non-hydrogen) atoms. The van der Waals surface area contributed by atoms with E-state index in [9.17, 15) is 4.79 Å². The molecule has 0 aromatic rings. The molecule has 4 heterocycles. The number of amides is 1. The number of rotatable bonds is 4. The van der Waals surface area contributed by atoms with Crippen LogP contribution in [-0.2, 0) is 4.79 Å². The molecule has 146 valence electrons. The van der Waals surface area contributed by atoms with Crippen LogP contribution in [0.3, 0.4) is 0 Å². The molecule has 4 fully saturated rings. The zero-order chi connectivity index (χ0) is 15.6. The molecule has 0 saturated carbocycles. The summed E-state index contributed by atoms with van der Waals surface area (Å²) in [4.78, 5) is 17.5. The Morgan fingerprint density at radius 1 is 0.880 bits per heavy atom. The summed E-state index contributed by atoms with van der Waals surface area (Å²) in [5, 5.41) is 3.69. The predicted molar refractivity (Wildman–Crippen MR) is 107 cm³/mol. The van der Waals surface area contributed by atoms with Crippen LogP contribution in [0.15, 0.2) is 0 Å². The lowest BCUT2D eigenvalue weighted by molar-refractivity contribution is -0.131. The van der Waals surface area contributed by atoms with E-state index in [1.54, 1.807) is 0 Å². The number of hydrogen-bond donors (Lipinski definition) is 1. The van der Waals surface area contributed by atoms with Crippen LogP contribution in [0.2, 0.25) is 0 Å². The molecule has 2 bridgehead atoms. The van der Waals surface area contributed by atoms with Crippen LogP contribution >= 0.6 is 24.8 Å². The smallest absolute Gasteiger partial charge is 0.222 e. The normalized spacial score (nSPS) is 35.1. The molecule has 4 saturated heterocycles. The Kier molecular flexibility index (Phi) is 8.32. The summed E-state index contributed by atoms with van der Waals surface area (Å²) in [7, 11) is 0. The molecule has 1 N–H and O–H groups in total. The second kappa shape index (κ2) is 9.77. The summed E-state index contributed by atoms with van der Waals surface area (Å²) in [5.41, 5.74) is 0. The number of piperidine rings is 2. The predicted octanol–water partition coefficient (Wildman–Crippen LogP) is 3.09. The first kappa shape index (κ1) is 21.3. The van der Waals surface area contributed by atoms with E-state index >= 15 is 0 Å². The molecule has 3 atom stereocenters. The van der Waals surface area contributed by atoms with E-state index in [0.29, 0.717) is 23.9 Å². The van der Waals surface area contributed by atoms with E-state index in [-0.39, 0.29) is 24.8 Å². The van der Waals surface area contributed by atoms with Gasteiger partial charge in [-0.2, -0.15) is 0 Å². The fourth-order valence-electron chi connectivity index (χ4n) is 5.43. The van der Waals surface area contributed by atoms with Gasteiger partial charge in [0, 0.05) is 38.1 Å². The summed E-state index contributed by atoms with van der Waals surface area (Å²) >= 11 is 0. The summed E-state index contributed by atoms with van der Waals surface area (Å²) in [6.45, 7) is 5.81. The summed E-state index contributed by atoms with van der Waals surface area (Å²) in [6, 6.07) is 1.41. The maximum atomic E-state index is 12.7. The van der Waals surface area contributed by atoms with Crippen LogP contribution < -0.4 is 5.32 Å². The fraction of sp³-hybridized carbons (Fsp3) is 0.947. The second-order valence-electron chi connectivity index (χ2n) is 8.54. The lowest BCUT2D eigenvalue weighted by Crippen LogP contribution is -2.40. The topological polar surface area (TPSA) is 35.6 Å². The van der Waals surface area contributed by atoms with Crippen molar-refractivity contribution in [2.75, 3.05) is 32.7 Å². The van der Waals surface area contributed by atoms with Gasteiger partial charge in [-0.15, -0.1) is 24.8 Å². The van der Waals surface area contributed by atoms with Gasteiger partial charge in [-0.05, 0) is 69.9 Å². The van der Waals surface area contributed by atoms with Crippen LogP contribution in [0.5, 0.6) is 0 Å². The van der Waals surface area contributed by atoms with Crippen molar-refractivity contribution in [1.29, 1.82) is 0 Å². The van der Waals surface area contributed by atoms with E-state index in [2.05, 4.69) is 15.1 Å². The summed E-state index contributed by atoms with van der Waals surface area (Å²) in [6.07, 6.45) is 11.3. The molecule has 0 aliphatic carbocycles. The molecule has 6 heteroatoms. The van der Waals surface area contributed by atoms with Gasteiger partial charge in [0.15, 0.2) is 0 Å². The third kappa shape index (κ3) is 5.47. The highest BCUT2D eigenvalue weighted by Gasteiger charge is 2.36. The van der Waals surface area contributed by atoms with Gasteiger partial charge in [-0.25, -0.2) is 0 Å². The Morgan fingerprint density at radius 3 is 2.24 bits per heavy atom. The molecular weight excluding hydrogens is 357 g/mol. The monoisotopic (exact) mass is 391 g/mol. The number of nitrogens with one attached hydrogen (secondary N) is 1. The second-order valence-corrected chi connectivity index (χ2v) is 8.54. The zero-order valence-corrected chi connectivity index (χ0v) is 17.0. The minimum absolute atomic E-state index is 0. The van der Waals surface area contributed by atoms with Gasteiger partial charge in [-0.3, -0.25) is 4.79 Å². The molecule has 4 rings (SSSR count). The largest absolute Gasteiger partial charge is 0.342 e. The van der Waals surface area contributed by atoms with Crippen molar-refractivity contribution in [2.45, 2.75) is 69.9 Å². The van der Waals surface area contributed by atoms with Crippen LogP contribution in [-0.4, -0.2) is 60.5 Å². The van der Waals surface area contributed by atoms with Gasteiger partial charge in [0.25, 0.3) is 0 Å². The van der Waals surface area contributed by atoms with Gasteiger partial charge < -0.3 is 15.1 Å². The van der Waals surface area contributed by atoms with Crippen molar-refractivity contribution >= 4 is 30.7 Å². The minimum Gasteiger partial charge on any atom is -0.342 e. The molecule has 1 amide bonds. The van der Waals surface area contributed by atoms with E-state index < -0.39 is 0 Å². The van der Waals surface area contributed by atoms with Crippen molar-refractivity contribution in [3.8, 4) is 0 Å². The van der Waals surface area contributed by atoms with Gasteiger partial charge in [0.2, 0.25) is 5.91 Å². The number of fused-ring (bicyclic) bond motifs is 2. The number of carbonyl (C=O) groups is 1. The van der Waals surface area contributed by atoms with Crippen LogP contribution in [0.25, 0.3) is 0 Å². The number of hydrogen-bond acceptors (Lipinski definition) is 3. The fourth-order valence-corrected chi connectivity index (χ4v) is 5.43. The average Bonchev–Trinajstić information content (AvgIpc) is 3.15. The molecule has 0 spiro atoms. The molecule has 0 aromatic carbocycles. The minimum atomic E-state index is 0. The van der Waals surface area contributed by atoms with Gasteiger partial charge >= 0.3 is 0 Å². The van der Waals surface area contributed by atoms with Gasteiger partial charge in [0.05, 0.1) is 0 Å². The van der Waals surface area contributed by atoms with Crippen molar-refractivity contribution < 1.29 is 4.79 Å². The third-order valence-electron chi connectivity index (χ3n) is 6.64. The van der Waals surface area contributed by atoms with E-state index in [1.807, 2.05) is 0 Å². The van der Waals surface area contributed by atoms with Crippen molar-refractivity contribution in [3.63, 3.8) is 0 Å². The van der Waals surface area contributed by atoms with Crippen molar-refractivity contribution in [2.24, 2.45) is 11.8 Å². The maximum absolute atomic E-state index is 12.7. The first-order chi connectivity index (χ1) is 11.3. The number of carbonyl (C=O) groups excluding carboxylic acids is 1. The Balaban J connectivity index is 0.00000113. The lowest BCUT2D eigenvalue weighted by atomic mass is 9.89. The van der Waals surface area contributed by atoms with Gasteiger partial charge in [-0.1, -0.05) is 6.42 Å². The van der Waals surface area contributed by atoms with Crippen LogP contribution in [0.1, 0.15) is 57.8 Å². The highest BCUT2D eigenvalue weighted by molar-refractivity contribution is 5.85. The number of likely N-dealkylation sites (tertiary alicyclic amines) is 2. The van der Waals surface area contributed by atoms with Crippen LogP contribution in [0.4, 0.5) is 0 Å². The molecule has 3 unspecified atom stereocenters. The Bertz CT molecular complexity index is 419. The molecule has 0 radical (unpaired) electrons. The quantitative estimate of drug-likeness (QED) is 0.799. The van der Waals surface area contributed by atoms with E-state index in [0.717, 1.165) is 25.4 Å². The molecular formula is C19H35Cl2N3O.